The molecule has 2 aromatic carbocycles. The predicted molar refractivity (Wildman–Crippen MR) is 104 cm³/mol. The Morgan fingerprint density at radius 1 is 1.14 bits per heavy atom. The molecule has 0 spiro atoms. The zero-order chi connectivity index (χ0) is 20.7. The fourth-order valence-corrected chi connectivity index (χ4v) is 3.46. The number of non-ortho nitro benzene ring substituents is 1. The molecule has 0 saturated heterocycles. The summed E-state index contributed by atoms with van der Waals surface area (Å²) < 4.78 is 2.81. The molecule has 1 N–H and O–H groups in total. The monoisotopic (exact) mass is 388 g/mol. The number of hydrogen-bond donors (Lipinski definition) is 1. The third kappa shape index (κ3) is 2.80. The average molecular weight is 388 g/mol. The average Bonchev–Trinajstić information content (AvgIpc) is 3.00. The van der Waals surface area contributed by atoms with Gasteiger partial charge in [0.05, 0.1) is 21.5 Å². The van der Waals surface area contributed by atoms with Crippen LogP contribution >= 0.6 is 0 Å². The Morgan fingerprint density at radius 3 is 2.45 bits per heavy atom. The fourth-order valence-electron chi connectivity index (χ4n) is 3.46. The quantitative estimate of drug-likeness (QED) is 0.422. The van der Waals surface area contributed by atoms with Crippen LogP contribution in [0.3, 0.4) is 0 Å². The molecule has 0 atom stereocenters. The number of nitro benzene ring substituents is 1. The third-order valence-electron chi connectivity index (χ3n) is 4.65. The van der Waals surface area contributed by atoms with Crippen molar-refractivity contribution in [2.45, 2.75) is 6.54 Å². The number of pyridine rings is 1. The van der Waals surface area contributed by atoms with Gasteiger partial charge >= 0.3 is 5.97 Å². The summed E-state index contributed by atoms with van der Waals surface area (Å²) in [5.41, 5.74) is 0.874. The first-order valence-corrected chi connectivity index (χ1v) is 8.46. The number of fused-ring (bicyclic) bond motifs is 3. The molecule has 2 aromatic heterocycles. The van der Waals surface area contributed by atoms with Gasteiger partial charge < -0.3 is 9.67 Å². The van der Waals surface area contributed by atoms with Gasteiger partial charge in [0.1, 0.15) is 18.2 Å². The summed E-state index contributed by atoms with van der Waals surface area (Å²) in [6.45, 7) is -0.354. The van der Waals surface area contributed by atoms with E-state index in [9.17, 15) is 30.1 Å². The second-order valence-electron chi connectivity index (χ2n) is 6.31. The first-order valence-electron chi connectivity index (χ1n) is 8.46. The van der Waals surface area contributed by atoms with Crippen LogP contribution in [-0.4, -0.2) is 25.1 Å². The lowest BCUT2D eigenvalue weighted by atomic mass is 10.2. The Kier molecular flexibility index (Phi) is 4.09. The maximum absolute atomic E-state index is 13.0. The van der Waals surface area contributed by atoms with Crippen molar-refractivity contribution in [3.63, 3.8) is 0 Å². The molecular weight excluding hydrogens is 376 g/mol. The van der Waals surface area contributed by atoms with Crippen LogP contribution in [0.4, 0.5) is 5.69 Å². The molecule has 4 rings (SSSR count). The minimum atomic E-state index is -1.07. The fraction of sp³-hybridized carbons (Fsp3) is 0.0500. The van der Waals surface area contributed by atoms with Crippen LogP contribution in [0.15, 0.2) is 59.4 Å². The molecule has 0 aliphatic carbocycles. The van der Waals surface area contributed by atoms with Crippen molar-refractivity contribution < 1.29 is 14.8 Å². The summed E-state index contributed by atoms with van der Waals surface area (Å²) in [5, 5.41) is 30.3. The van der Waals surface area contributed by atoms with Gasteiger partial charge in [0.15, 0.2) is 0 Å². The van der Waals surface area contributed by atoms with Gasteiger partial charge in [0, 0.05) is 23.2 Å². The maximum atomic E-state index is 13.0. The van der Waals surface area contributed by atoms with E-state index in [2.05, 4.69) is 0 Å². The number of rotatable bonds is 4. The van der Waals surface area contributed by atoms with E-state index >= 15 is 0 Å². The molecule has 0 bridgehead atoms. The number of hydrogen-bond acceptors (Lipinski definition) is 5. The number of aromatic nitrogens is 2. The van der Waals surface area contributed by atoms with Gasteiger partial charge in [-0.1, -0.05) is 18.2 Å². The molecule has 0 fully saturated rings. The highest BCUT2D eigenvalue weighted by molar-refractivity contribution is 6.07. The molecule has 0 radical (unpaired) electrons. The van der Waals surface area contributed by atoms with E-state index in [0.29, 0.717) is 27.6 Å². The number of nitrogens with zero attached hydrogens (tertiary/aromatic N) is 4. The molecule has 9 nitrogen and oxygen atoms in total. The summed E-state index contributed by atoms with van der Waals surface area (Å²) >= 11 is 0. The van der Waals surface area contributed by atoms with Gasteiger partial charge in [-0.3, -0.25) is 24.3 Å². The normalized spacial score (nSPS) is 10.9. The molecule has 4 aromatic rings. The van der Waals surface area contributed by atoms with E-state index in [1.54, 1.807) is 24.3 Å². The smallest absolute Gasteiger partial charge is 0.323 e. The number of benzene rings is 2. The van der Waals surface area contributed by atoms with E-state index in [1.807, 2.05) is 6.07 Å². The molecule has 2 heterocycles. The topological polar surface area (TPSA) is 131 Å². The second kappa shape index (κ2) is 6.61. The number of para-hydroxylation sites is 1. The minimum absolute atomic E-state index is 0.136. The van der Waals surface area contributed by atoms with Crippen molar-refractivity contribution in [1.29, 1.82) is 5.26 Å². The van der Waals surface area contributed by atoms with Gasteiger partial charge in [-0.15, -0.1) is 0 Å². The van der Waals surface area contributed by atoms with Crippen molar-refractivity contribution in [1.82, 2.24) is 9.13 Å². The van der Waals surface area contributed by atoms with Crippen molar-refractivity contribution in [3.8, 4) is 11.8 Å². The summed E-state index contributed by atoms with van der Waals surface area (Å²) in [7, 11) is 0. The third-order valence-corrected chi connectivity index (χ3v) is 4.65. The molecule has 9 heteroatoms. The maximum Gasteiger partial charge on any atom is 0.323 e. The summed E-state index contributed by atoms with van der Waals surface area (Å²) in [4.78, 5) is 34.8. The van der Waals surface area contributed by atoms with Crippen LogP contribution in [0.1, 0.15) is 5.56 Å². The summed E-state index contributed by atoms with van der Waals surface area (Å²) in [6, 6.07) is 15.6. The Bertz CT molecular complexity index is 1410. The number of nitro groups is 1. The second-order valence-corrected chi connectivity index (χ2v) is 6.31. The van der Waals surface area contributed by atoms with Gasteiger partial charge in [-0.25, -0.2) is 0 Å². The van der Waals surface area contributed by atoms with Crippen molar-refractivity contribution in [2.75, 3.05) is 0 Å². The zero-order valence-corrected chi connectivity index (χ0v) is 14.8. The van der Waals surface area contributed by atoms with Gasteiger partial charge in [-0.2, -0.15) is 5.26 Å². The Balaban J connectivity index is 2.17. The van der Waals surface area contributed by atoms with Crippen molar-refractivity contribution in [3.05, 3.63) is 80.6 Å². The van der Waals surface area contributed by atoms with Crippen molar-refractivity contribution >= 4 is 33.6 Å². The molecule has 0 unspecified atom stereocenters. The Labute approximate surface area is 162 Å². The molecule has 0 aliphatic rings. The molecule has 0 aliphatic heterocycles. The molecule has 29 heavy (non-hydrogen) atoms. The Hall–Kier alpha value is -4.45. The zero-order valence-electron chi connectivity index (χ0n) is 14.8. The minimum Gasteiger partial charge on any atom is -0.480 e. The lowest BCUT2D eigenvalue weighted by Gasteiger charge is -2.10. The molecule has 142 valence electrons. The molecule has 0 saturated carbocycles. The number of carboxylic acid groups (broad SMARTS) is 1. The van der Waals surface area contributed by atoms with E-state index in [4.69, 9.17) is 0 Å². The number of aliphatic carboxylic acids is 1. The summed E-state index contributed by atoms with van der Waals surface area (Å²) in [5.74, 6) is -1.07. The Morgan fingerprint density at radius 2 is 1.83 bits per heavy atom. The highest BCUT2D eigenvalue weighted by Gasteiger charge is 2.20. The van der Waals surface area contributed by atoms with Gasteiger partial charge in [0.25, 0.3) is 11.2 Å². The van der Waals surface area contributed by atoms with E-state index in [-0.39, 0.29) is 17.8 Å². The SMILES string of the molecule is N#Cc1cc2c(c3ccccc3n2CC(=O)O)n(-c2ccc([N+](=O)[O-])cc2)c1=O. The lowest BCUT2D eigenvalue weighted by molar-refractivity contribution is -0.384. The molecule has 0 amide bonds. The lowest BCUT2D eigenvalue weighted by Crippen LogP contribution is -2.21. The van der Waals surface area contributed by atoms with E-state index in [0.717, 1.165) is 0 Å². The van der Waals surface area contributed by atoms with Crippen LogP contribution in [0.2, 0.25) is 0 Å². The summed E-state index contributed by atoms with van der Waals surface area (Å²) in [6.07, 6.45) is 0. The van der Waals surface area contributed by atoms with Crippen molar-refractivity contribution in [2.24, 2.45) is 0 Å². The van der Waals surface area contributed by atoms with Crippen LogP contribution in [-0.2, 0) is 11.3 Å². The highest BCUT2D eigenvalue weighted by Crippen LogP contribution is 2.30. The predicted octanol–water partition coefficient (Wildman–Crippen LogP) is 2.81. The molecular formula is C20H12N4O5. The first kappa shape index (κ1) is 17.9. The van der Waals surface area contributed by atoms with E-state index in [1.165, 1.54) is 39.5 Å². The van der Waals surface area contributed by atoms with Crippen LogP contribution in [0.5, 0.6) is 0 Å². The number of carbonyl (C=O) groups is 1. The number of carboxylic acids is 1. The van der Waals surface area contributed by atoms with Gasteiger partial charge in [-0.05, 0) is 24.3 Å². The van der Waals surface area contributed by atoms with E-state index < -0.39 is 16.5 Å². The number of nitriles is 1. The first-order chi connectivity index (χ1) is 13.9. The van der Waals surface area contributed by atoms with Crippen LogP contribution in [0, 0.1) is 21.4 Å². The van der Waals surface area contributed by atoms with Gasteiger partial charge in [0.2, 0.25) is 0 Å². The standard InChI is InChI=1S/C20H12N4O5/c21-10-12-9-17-19(15-3-1-2-4-16(15)22(17)11-18(25)26)23(20(12)27)13-5-7-14(8-6-13)24(28)29/h1-9H,11H2,(H,25,26). The van der Waals surface area contributed by atoms with Crippen LogP contribution < -0.4 is 5.56 Å². The van der Waals surface area contributed by atoms with Crippen LogP contribution in [0.25, 0.3) is 27.6 Å². The largest absolute Gasteiger partial charge is 0.480 e. The highest BCUT2D eigenvalue weighted by atomic mass is 16.6.